The van der Waals surface area contributed by atoms with Crippen molar-refractivity contribution in [2.24, 2.45) is 5.73 Å². The van der Waals surface area contributed by atoms with E-state index in [4.69, 9.17) is 5.73 Å². The molecule has 0 aliphatic heterocycles. The first kappa shape index (κ1) is 14.3. The van der Waals surface area contributed by atoms with E-state index < -0.39 is 6.10 Å². The number of likely N-dealkylation sites (N-methyl/N-ethyl adjacent to an activating group) is 1. The average molecular weight is 217 g/mol. The van der Waals surface area contributed by atoms with Gasteiger partial charge in [0.1, 0.15) is 0 Å². The minimum absolute atomic E-state index is 0.266. The number of β-amino-alcohol motifs (C(OH)–C–C–N with tert-alkyl or cyclic N) is 1. The van der Waals surface area contributed by atoms with Crippen LogP contribution in [0.4, 0.5) is 0 Å². The lowest BCUT2D eigenvalue weighted by Crippen LogP contribution is -2.47. The number of nitrogens with zero attached hydrogens (tertiary/aromatic N) is 1. The molecule has 0 aromatic rings. The Hall–Kier alpha value is -0.650. The maximum Gasteiger partial charge on any atom is 0.219 e. The van der Waals surface area contributed by atoms with Crippen LogP contribution in [0.3, 0.4) is 0 Å². The van der Waals surface area contributed by atoms with Gasteiger partial charge in [0.15, 0.2) is 0 Å². The van der Waals surface area contributed by atoms with Gasteiger partial charge in [0.05, 0.1) is 6.10 Å². The predicted octanol–water partition coefficient (Wildman–Crippen LogP) is -0.847. The van der Waals surface area contributed by atoms with Gasteiger partial charge in [0.25, 0.3) is 0 Å². The van der Waals surface area contributed by atoms with E-state index in [0.29, 0.717) is 13.1 Å². The number of carbonyl (C=O) groups excluding carboxylic acids is 1. The summed E-state index contributed by atoms with van der Waals surface area (Å²) in [6, 6.07) is 0. The van der Waals surface area contributed by atoms with Crippen LogP contribution in [0.2, 0.25) is 0 Å². The number of carbonyl (C=O) groups is 1. The van der Waals surface area contributed by atoms with Gasteiger partial charge in [-0.25, -0.2) is 0 Å². The standard InChI is InChI=1S/C10H23N3O2/c1-10(2,5-9(11)15)12-6-8(14)7-13(3)4/h8,12,14H,5-7H2,1-4H3,(H2,11,15). The maximum absolute atomic E-state index is 10.7. The average Bonchev–Trinajstić information content (AvgIpc) is 1.97. The SMILES string of the molecule is CN(C)CC(O)CNC(C)(C)CC(N)=O. The van der Waals surface area contributed by atoms with Gasteiger partial charge in [-0.3, -0.25) is 4.79 Å². The minimum atomic E-state index is -0.438. The van der Waals surface area contributed by atoms with Gasteiger partial charge in [-0.2, -0.15) is 0 Å². The minimum Gasteiger partial charge on any atom is -0.390 e. The highest BCUT2D eigenvalue weighted by Gasteiger charge is 2.20. The first-order valence-electron chi connectivity index (χ1n) is 5.09. The molecule has 90 valence electrons. The Kier molecular flexibility index (Phi) is 5.79. The van der Waals surface area contributed by atoms with Crippen molar-refractivity contribution in [1.29, 1.82) is 0 Å². The second kappa shape index (κ2) is 6.05. The second-order valence-corrected chi connectivity index (χ2v) is 4.82. The first-order chi connectivity index (χ1) is 6.73. The van der Waals surface area contributed by atoms with Crippen LogP contribution >= 0.6 is 0 Å². The molecule has 1 unspecified atom stereocenters. The molecule has 5 heteroatoms. The fourth-order valence-corrected chi connectivity index (χ4v) is 1.38. The topological polar surface area (TPSA) is 78.6 Å². The Balaban J connectivity index is 3.87. The number of hydrogen-bond acceptors (Lipinski definition) is 4. The smallest absolute Gasteiger partial charge is 0.219 e. The van der Waals surface area contributed by atoms with Crippen LogP contribution in [-0.4, -0.2) is 54.7 Å². The highest BCUT2D eigenvalue weighted by atomic mass is 16.3. The van der Waals surface area contributed by atoms with E-state index >= 15 is 0 Å². The molecule has 0 aliphatic rings. The molecule has 0 aliphatic carbocycles. The summed E-state index contributed by atoms with van der Waals surface area (Å²) in [6.07, 6.45) is -0.172. The Morgan fingerprint density at radius 3 is 2.47 bits per heavy atom. The molecular formula is C10H23N3O2. The molecule has 15 heavy (non-hydrogen) atoms. The Labute approximate surface area is 91.6 Å². The van der Waals surface area contributed by atoms with Crippen LogP contribution in [0.25, 0.3) is 0 Å². The molecule has 0 aromatic carbocycles. The molecule has 0 saturated carbocycles. The van der Waals surface area contributed by atoms with Gasteiger partial charge in [0.2, 0.25) is 5.91 Å². The van der Waals surface area contributed by atoms with Crippen molar-refractivity contribution < 1.29 is 9.90 Å². The van der Waals surface area contributed by atoms with E-state index in [-0.39, 0.29) is 17.9 Å². The predicted molar refractivity (Wildman–Crippen MR) is 60.5 cm³/mol. The van der Waals surface area contributed by atoms with Crippen LogP contribution in [-0.2, 0) is 4.79 Å². The van der Waals surface area contributed by atoms with E-state index in [1.54, 1.807) is 0 Å². The van der Waals surface area contributed by atoms with Gasteiger partial charge in [-0.15, -0.1) is 0 Å². The number of aliphatic hydroxyl groups is 1. The molecule has 0 heterocycles. The fraction of sp³-hybridized carbons (Fsp3) is 0.900. The maximum atomic E-state index is 10.7. The van der Waals surface area contributed by atoms with E-state index in [0.717, 1.165) is 0 Å². The van der Waals surface area contributed by atoms with Crippen molar-refractivity contribution in [3.05, 3.63) is 0 Å². The van der Waals surface area contributed by atoms with Gasteiger partial charge >= 0.3 is 0 Å². The molecule has 0 spiro atoms. The third-order valence-corrected chi connectivity index (χ3v) is 2.01. The highest BCUT2D eigenvalue weighted by molar-refractivity contribution is 5.74. The first-order valence-corrected chi connectivity index (χ1v) is 5.09. The molecule has 0 radical (unpaired) electrons. The van der Waals surface area contributed by atoms with E-state index in [9.17, 15) is 9.90 Å². The number of nitrogens with one attached hydrogen (secondary N) is 1. The van der Waals surface area contributed by atoms with Crippen molar-refractivity contribution >= 4 is 5.91 Å². The molecule has 0 fully saturated rings. The zero-order valence-corrected chi connectivity index (χ0v) is 10.1. The third-order valence-electron chi connectivity index (χ3n) is 2.01. The number of primary amides is 1. The molecule has 1 atom stereocenters. The largest absolute Gasteiger partial charge is 0.390 e. The van der Waals surface area contributed by atoms with Crippen LogP contribution in [0.1, 0.15) is 20.3 Å². The third kappa shape index (κ3) is 8.35. The molecular weight excluding hydrogens is 194 g/mol. The summed E-state index contributed by atoms with van der Waals surface area (Å²) < 4.78 is 0. The summed E-state index contributed by atoms with van der Waals surface area (Å²) in [7, 11) is 3.80. The summed E-state index contributed by atoms with van der Waals surface area (Å²) in [6.45, 7) is 4.83. The highest BCUT2D eigenvalue weighted by Crippen LogP contribution is 2.07. The summed E-state index contributed by atoms with van der Waals surface area (Å²) in [5, 5.41) is 12.7. The quantitative estimate of drug-likeness (QED) is 0.519. The Bertz CT molecular complexity index is 205. The molecule has 0 aromatic heterocycles. The van der Waals surface area contributed by atoms with Crippen LogP contribution in [0, 0.1) is 0 Å². The van der Waals surface area contributed by atoms with Crippen LogP contribution in [0.5, 0.6) is 0 Å². The van der Waals surface area contributed by atoms with Gasteiger partial charge < -0.3 is 21.1 Å². The number of nitrogens with two attached hydrogens (primary N) is 1. The molecule has 0 saturated heterocycles. The second-order valence-electron chi connectivity index (χ2n) is 4.82. The van der Waals surface area contributed by atoms with Crippen molar-refractivity contribution in [2.75, 3.05) is 27.2 Å². The number of hydrogen-bond donors (Lipinski definition) is 3. The normalized spacial score (nSPS) is 14.3. The summed E-state index contributed by atoms with van der Waals surface area (Å²) in [4.78, 5) is 12.7. The summed E-state index contributed by atoms with van der Waals surface area (Å²) in [5.74, 6) is -0.338. The molecule has 5 nitrogen and oxygen atoms in total. The van der Waals surface area contributed by atoms with Gasteiger partial charge in [-0.1, -0.05) is 0 Å². The van der Waals surface area contributed by atoms with E-state index in [1.807, 2.05) is 32.8 Å². The van der Waals surface area contributed by atoms with Gasteiger partial charge in [-0.05, 0) is 27.9 Å². The van der Waals surface area contributed by atoms with Crippen LogP contribution < -0.4 is 11.1 Å². The molecule has 0 bridgehead atoms. The monoisotopic (exact) mass is 217 g/mol. The zero-order valence-electron chi connectivity index (χ0n) is 10.1. The summed E-state index contributed by atoms with van der Waals surface area (Å²) in [5.41, 5.74) is 4.75. The molecule has 0 rings (SSSR count). The molecule has 4 N–H and O–H groups in total. The zero-order chi connectivity index (χ0) is 12.1. The van der Waals surface area contributed by atoms with Crippen molar-refractivity contribution in [3.8, 4) is 0 Å². The Morgan fingerprint density at radius 2 is 2.07 bits per heavy atom. The van der Waals surface area contributed by atoms with Gasteiger partial charge in [0, 0.05) is 25.0 Å². The number of amides is 1. The number of aliphatic hydroxyl groups excluding tert-OH is 1. The number of rotatable bonds is 7. The van der Waals surface area contributed by atoms with E-state index in [2.05, 4.69) is 5.32 Å². The summed E-state index contributed by atoms with van der Waals surface area (Å²) >= 11 is 0. The van der Waals surface area contributed by atoms with E-state index in [1.165, 1.54) is 0 Å². The fourth-order valence-electron chi connectivity index (χ4n) is 1.38. The van der Waals surface area contributed by atoms with Crippen LogP contribution in [0.15, 0.2) is 0 Å². The Morgan fingerprint density at radius 1 is 1.53 bits per heavy atom. The van der Waals surface area contributed by atoms with Crippen molar-refractivity contribution in [3.63, 3.8) is 0 Å². The van der Waals surface area contributed by atoms with Crippen molar-refractivity contribution in [1.82, 2.24) is 10.2 Å². The molecule has 1 amide bonds. The lowest BCUT2D eigenvalue weighted by molar-refractivity contribution is -0.119. The van der Waals surface area contributed by atoms with Crippen molar-refractivity contribution in [2.45, 2.75) is 31.9 Å². The lowest BCUT2D eigenvalue weighted by Gasteiger charge is -2.27. The lowest BCUT2D eigenvalue weighted by atomic mass is 10.00.